The molecule has 30 heavy (non-hydrogen) atoms. The van der Waals surface area contributed by atoms with Crippen LogP contribution in [0, 0.1) is 6.92 Å². The highest BCUT2D eigenvalue weighted by atomic mass is 127. The zero-order valence-electron chi connectivity index (χ0n) is 18.7. The van der Waals surface area contributed by atoms with Gasteiger partial charge in [0.25, 0.3) is 0 Å². The van der Waals surface area contributed by atoms with Gasteiger partial charge in [-0.1, -0.05) is 31.1 Å². The number of ether oxygens (including phenoxy) is 2. The number of guanidine groups is 1. The van der Waals surface area contributed by atoms with Crippen molar-refractivity contribution in [1.29, 1.82) is 0 Å². The van der Waals surface area contributed by atoms with E-state index in [0.717, 1.165) is 47.3 Å². The maximum atomic E-state index is 5.95. The summed E-state index contributed by atoms with van der Waals surface area (Å²) in [7, 11) is 1.70. The third-order valence-corrected chi connectivity index (χ3v) is 4.32. The van der Waals surface area contributed by atoms with E-state index in [1.165, 1.54) is 0 Å². The number of nitrogens with one attached hydrogen (secondary N) is 2. The normalized spacial score (nSPS) is 11.3. The predicted octanol–water partition coefficient (Wildman–Crippen LogP) is 4.40. The second-order valence-corrected chi connectivity index (χ2v) is 7.23. The van der Waals surface area contributed by atoms with Crippen molar-refractivity contribution in [3.63, 3.8) is 0 Å². The molecule has 0 aliphatic heterocycles. The van der Waals surface area contributed by atoms with Crippen molar-refractivity contribution in [2.45, 2.75) is 53.1 Å². The lowest BCUT2D eigenvalue weighted by Gasteiger charge is -2.13. The minimum atomic E-state index is 0. The zero-order chi connectivity index (χ0) is 21.1. The van der Waals surface area contributed by atoms with E-state index in [1.807, 2.05) is 13.0 Å². The minimum Gasteiger partial charge on any atom is -0.493 e. The lowest BCUT2D eigenvalue weighted by Crippen LogP contribution is -2.36. The Morgan fingerprint density at radius 2 is 2.00 bits per heavy atom. The summed E-state index contributed by atoms with van der Waals surface area (Å²) < 4.78 is 16.4. The van der Waals surface area contributed by atoms with E-state index < -0.39 is 0 Å². The first-order chi connectivity index (χ1) is 14.0. The number of hydrogen-bond acceptors (Lipinski definition) is 5. The average molecular weight is 530 g/mol. The predicted molar refractivity (Wildman–Crippen MR) is 131 cm³/mol. The number of aromatic nitrogens is 1. The molecule has 0 aliphatic rings. The maximum Gasteiger partial charge on any atom is 0.191 e. The van der Waals surface area contributed by atoms with Gasteiger partial charge in [-0.3, -0.25) is 0 Å². The van der Waals surface area contributed by atoms with Gasteiger partial charge >= 0.3 is 0 Å². The van der Waals surface area contributed by atoms with Gasteiger partial charge in [-0.05, 0) is 31.4 Å². The summed E-state index contributed by atoms with van der Waals surface area (Å²) in [6.45, 7) is 11.4. The van der Waals surface area contributed by atoms with Crippen molar-refractivity contribution in [3.05, 3.63) is 46.8 Å². The molecule has 2 aromatic rings. The first-order valence-corrected chi connectivity index (χ1v) is 10.2. The summed E-state index contributed by atoms with van der Waals surface area (Å²) in [5.74, 6) is 2.73. The molecule has 0 unspecified atom stereocenters. The highest BCUT2D eigenvalue weighted by Gasteiger charge is 2.09. The van der Waals surface area contributed by atoms with Crippen LogP contribution >= 0.6 is 24.0 Å². The molecule has 7 nitrogen and oxygen atoms in total. The summed E-state index contributed by atoms with van der Waals surface area (Å²) in [5, 5.41) is 10.7. The Labute approximate surface area is 197 Å². The fraction of sp³-hybridized carbons (Fsp3) is 0.545. The molecule has 1 aromatic carbocycles. The van der Waals surface area contributed by atoms with Crippen LogP contribution in [-0.2, 0) is 17.8 Å². The van der Waals surface area contributed by atoms with Crippen LogP contribution < -0.4 is 15.4 Å². The maximum absolute atomic E-state index is 5.95. The average Bonchev–Trinajstić information content (AvgIpc) is 3.18. The number of benzene rings is 1. The van der Waals surface area contributed by atoms with Crippen LogP contribution in [0.2, 0.25) is 0 Å². The Kier molecular flexibility index (Phi) is 12.4. The molecular formula is C22H35IN4O3. The van der Waals surface area contributed by atoms with E-state index in [9.17, 15) is 0 Å². The first-order valence-electron chi connectivity index (χ1n) is 10.2. The highest BCUT2D eigenvalue weighted by Crippen LogP contribution is 2.21. The van der Waals surface area contributed by atoms with Gasteiger partial charge in [0.15, 0.2) is 11.7 Å². The van der Waals surface area contributed by atoms with Crippen molar-refractivity contribution in [3.8, 4) is 5.75 Å². The molecule has 8 heteroatoms. The second-order valence-electron chi connectivity index (χ2n) is 7.23. The Morgan fingerprint density at radius 1 is 1.20 bits per heavy atom. The number of methoxy groups -OCH3 is 1. The van der Waals surface area contributed by atoms with Gasteiger partial charge in [0.1, 0.15) is 5.75 Å². The van der Waals surface area contributed by atoms with E-state index >= 15 is 0 Å². The molecule has 0 spiro atoms. The lowest BCUT2D eigenvalue weighted by molar-refractivity contribution is 0.172. The third-order valence-electron chi connectivity index (χ3n) is 4.32. The molecule has 168 valence electrons. The van der Waals surface area contributed by atoms with E-state index in [1.54, 1.807) is 7.11 Å². The molecule has 0 fully saturated rings. The molecule has 0 bridgehead atoms. The van der Waals surface area contributed by atoms with E-state index in [4.69, 9.17) is 19.0 Å². The highest BCUT2D eigenvalue weighted by molar-refractivity contribution is 14.0. The smallest absolute Gasteiger partial charge is 0.191 e. The number of aryl methyl sites for hydroxylation is 1. The summed E-state index contributed by atoms with van der Waals surface area (Å²) in [5.41, 5.74) is 3.17. The van der Waals surface area contributed by atoms with Crippen LogP contribution in [0.1, 0.15) is 55.7 Å². The summed E-state index contributed by atoms with van der Waals surface area (Å²) in [4.78, 5) is 4.70. The topological polar surface area (TPSA) is 80.9 Å². The molecule has 0 aliphatic carbocycles. The first kappa shape index (κ1) is 26.2. The summed E-state index contributed by atoms with van der Waals surface area (Å²) in [6.07, 6.45) is 0.854. The quantitative estimate of drug-likeness (QED) is 0.194. The van der Waals surface area contributed by atoms with Crippen LogP contribution in [0.15, 0.2) is 33.8 Å². The fourth-order valence-electron chi connectivity index (χ4n) is 2.67. The van der Waals surface area contributed by atoms with Gasteiger partial charge in [-0.15, -0.1) is 24.0 Å². The molecular weight excluding hydrogens is 495 g/mol. The SMILES string of the molecule is CCNC(=NCc1ccc(C)cc1OCCCOC)NCc1cc(C(C)C)no1.I. The number of nitrogens with zero attached hydrogens (tertiary/aromatic N) is 2. The van der Waals surface area contributed by atoms with Gasteiger partial charge in [-0.25, -0.2) is 4.99 Å². The van der Waals surface area contributed by atoms with Crippen LogP contribution in [0.25, 0.3) is 0 Å². The molecule has 0 saturated heterocycles. The van der Waals surface area contributed by atoms with Crippen molar-refractivity contribution in [2.75, 3.05) is 26.9 Å². The third kappa shape index (κ3) is 8.91. The largest absolute Gasteiger partial charge is 0.493 e. The molecule has 0 amide bonds. The molecule has 1 heterocycles. The standard InChI is InChI=1S/C22H34N4O3.HI/c1-6-23-22(25-15-19-13-20(16(2)3)26-29-19)24-14-18-9-8-17(4)12-21(18)28-11-7-10-27-5;/h8-9,12-13,16H,6-7,10-11,14-15H2,1-5H3,(H2,23,24,25);1H. The van der Waals surface area contributed by atoms with E-state index in [-0.39, 0.29) is 24.0 Å². The lowest BCUT2D eigenvalue weighted by atomic mass is 10.1. The number of aliphatic imine (C=N–C) groups is 1. The summed E-state index contributed by atoms with van der Waals surface area (Å²) >= 11 is 0. The van der Waals surface area contributed by atoms with Gasteiger partial charge in [0, 0.05) is 38.3 Å². The number of rotatable bonds is 11. The van der Waals surface area contributed by atoms with Crippen molar-refractivity contribution >= 4 is 29.9 Å². The minimum absolute atomic E-state index is 0. The Morgan fingerprint density at radius 3 is 2.67 bits per heavy atom. The molecule has 2 N–H and O–H groups in total. The zero-order valence-corrected chi connectivity index (χ0v) is 21.0. The van der Waals surface area contributed by atoms with Crippen LogP contribution in [0.4, 0.5) is 0 Å². The Balaban J connectivity index is 0.00000450. The molecule has 0 radical (unpaired) electrons. The molecule has 0 atom stereocenters. The van der Waals surface area contributed by atoms with Crippen molar-refractivity contribution < 1.29 is 14.0 Å². The van der Waals surface area contributed by atoms with Crippen LogP contribution in [0.3, 0.4) is 0 Å². The number of halogens is 1. The molecule has 0 saturated carbocycles. The fourth-order valence-corrected chi connectivity index (χ4v) is 2.67. The van der Waals surface area contributed by atoms with Crippen LogP contribution in [0.5, 0.6) is 5.75 Å². The van der Waals surface area contributed by atoms with E-state index in [2.05, 4.69) is 54.8 Å². The Hall–Kier alpha value is -1.81. The summed E-state index contributed by atoms with van der Waals surface area (Å²) in [6, 6.07) is 8.18. The van der Waals surface area contributed by atoms with E-state index in [0.29, 0.717) is 32.2 Å². The van der Waals surface area contributed by atoms with Gasteiger partial charge in [-0.2, -0.15) is 0 Å². The van der Waals surface area contributed by atoms with Crippen molar-refractivity contribution in [1.82, 2.24) is 15.8 Å². The van der Waals surface area contributed by atoms with Gasteiger partial charge < -0.3 is 24.6 Å². The number of hydrogen-bond donors (Lipinski definition) is 2. The van der Waals surface area contributed by atoms with Crippen LogP contribution in [-0.4, -0.2) is 38.0 Å². The van der Waals surface area contributed by atoms with Gasteiger partial charge in [0.2, 0.25) is 0 Å². The van der Waals surface area contributed by atoms with Gasteiger partial charge in [0.05, 0.1) is 25.4 Å². The second kappa shape index (κ2) is 14.2. The molecule has 1 aromatic heterocycles. The molecule has 2 rings (SSSR count). The Bertz CT molecular complexity index is 777. The monoisotopic (exact) mass is 530 g/mol. The van der Waals surface area contributed by atoms with Crippen molar-refractivity contribution in [2.24, 2.45) is 4.99 Å².